The van der Waals surface area contributed by atoms with Crippen molar-refractivity contribution < 1.29 is 4.79 Å². The van der Waals surface area contributed by atoms with Crippen molar-refractivity contribution in [3.05, 3.63) is 0 Å². The molecule has 1 saturated carbocycles. The average molecular weight is 225 g/mol. The zero-order chi connectivity index (χ0) is 12.7. The average Bonchev–Trinajstić information content (AvgIpc) is 2.08. The molecule has 16 heavy (non-hydrogen) atoms. The highest BCUT2D eigenvalue weighted by molar-refractivity contribution is 5.81. The Bertz CT molecular complexity index is 273. The molecular weight excluding hydrogens is 198 g/mol. The number of hydrogen-bond donors (Lipinski definition) is 1. The Hall–Kier alpha value is -0.530. The second-order valence-electron chi connectivity index (χ2n) is 7.18. The monoisotopic (exact) mass is 225 g/mol. The van der Waals surface area contributed by atoms with Crippen molar-refractivity contribution in [2.45, 2.75) is 60.9 Å². The molecule has 1 N–H and O–H groups in total. The summed E-state index contributed by atoms with van der Waals surface area (Å²) in [5.41, 5.74) is -0.0337. The van der Waals surface area contributed by atoms with Gasteiger partial charge in [-0.2, -0.15) is 0 Å². The van der Waals surface area contributed by atoms with Crippen molar-refractivity contribution in [1.82, 2.24) is 5.32 Å². The van der Waals surface area contributed by atoms with Crippen molar-refractivity contribution in [3.63, 3.8) is 0 Å². The van der Waals surface area contributed by atoms with Crippen molar-refractivity contribution >= 4 is 5.91 Å². The molecule has 0 radical (unpaired) electrons. The highest BCUT2D eigenvalue weighted by atomic mass is 16.2. The molecule has 2 atom stereocenters. The first kappa shape index (κ1) is 13.5. The molecule has 0 saturated heterocycles. The fraction of sp³-hybridized carbons (Fsp3) is 0.929. The molecule has 1 rings (SSSR count). The summed E-state index contributed by atoms with van der Waals surface area (Å²) >= 11 is 0. The lowest BCUT2D eigenvalue weighted by molar-refractivity contribution is -0.134. The predicted octanol–water partition coefficient (Wildman–Crippen LogP) is 3.22. The SMILES string of the molecule is CC(C)[C@@H]1C[C@H](NC(=O)C(C)(C)C)C1(C)C. The molecule has 1 aliphatic rings. The summed E-state index contributed by atoms with van der Waals surface area (Å²) in [7, 11) is 0. The lowest BCUT2D eigenvalue weighted by atomic mass is 9.55. The van der Waals surface area contributed by atoms with E-state index in [0.29, 0.717) is 12.0 Å². The van der Waals surface area contributed by atoms with Crippen molar-refractivity contribution in [3.8, 4) is 0 Å². The molecule has 1 aliphatic carbocycles. The summed E-state index contributed by atoms with van der Waals surface area (Å²) in [4.78, 5) is 11.9. The van der Waals surface area contributed by atoms with Crippen LogP contribution in [0.2, 0.25) is 0 Å². The highest BCUT2D eigenvalue weighted by Gasteiger charge is 2.50. The quantitative estimate of drug-likeness (QED) is 0.768. The third-order valence-corrected chi connectivity index (χ3v) is 4.13. The van der Waals surface area contributed by atoms with E-state index in [1.807, 2.05) is 20.8 Å². The van der Waals surface area contributed by atoms with Crippen LogP contribution in [-0.2, 0) is 4.79 Å². The zero-order valence-corrected chi connectivity index (χ0v) is 11.8. The van der Waals surface area contributed by atoms with Crippen molar-refractivity contribution in [1.29, 1.82) is 0 Å². The first-order valence-electron chi connectivity index (χ1n) is 6.37. The van der Waals surface area contributed by atoms with Gasteiger partial charge in [0.2, 0.25) is 5.91 Å². The molecule has 2 heteroatoms. The van der Waals surface area contributed by atoms with Gasteiger partial charge < -0.3 is 5.32 Å². The fourth-order valence-electron chi connectivity index (χ4n) is 2.71. The summed E-state index contributed by atoms with van der Waals surface area (Å²) in [5.74, 6) is 1.61. The van der Waals surface area contributed by atoms with Gasteiger partial charge >= 0.3 is 0 Å². The maximum atomic E-state index is 11.9. The van der Waals surface area contributed by atoms with Crippen molar-refractivity contribution in [2.75, 3.05) is 0 Å². The van der Waals surface area contributed by atoms with Gasteiger partial charge in [-0.3, -0.25) is 4.79 Å². The van der Waals surface area contributed by atoms with E-state index in [1.165, 1.54) is 0 Å². The molecule has 0 unspecified atom stereocenters. The number of rotatable bonds is 2. The third-order valence-electron chi connectivity index (χ3n) is 4.13. The third kappa shape index (κ3) is 2.41. The standard InChI is InChI=1S/C14H27NO/c1-9(2)10-8-11(14(10,6)7)15-12(16)13(3,4)5/h9-11H,8H2,1-7H3,(H,15,16)/t10-,11-/m0/s1. The van der Waals surface area contributed by atoms with Crippen LogP contribution in [-0.4, -0.2) is 11.9 Å². The lowest BCUT2D eigenvalue weighted by Gasteiger charge is -2.54. The van der Waals surface area contributed by atoms with Crippen molar-refractivity contribution in [2.24, 2.45) is 22.7 Å². The summed E-state index contributed by atoms with van der Waals surface area (Å²) in [6, 6.07) is 0.353. The number of nitrogens with one attached hydrogen (secondary N) is 1. The molecule has 0 aromatic carbocycles. The number of amides is 1. The van der Waals surface area contributed by atoms with Gasteiger partial charge in [0.25, 0.3) is 0 Å². The van der Waals surface area contributed by atoms with E-state index in [4.69, 9.17) is 0 Å². The van der Waals surface area contributed by atoms with E-state index in [9.17, 15) is 4.79 Å². The van der Waals surface area contributed by atoms with Gasteiger partial charge in [-0.15, -0.1) is 0 Å². The van der Waals surface area contributed by atoms with Gasteiger partial charge in [0.15, 0.2) is 0 Å². The van der Waals surface area contributed by atoms with Crippen LogP contribution in [0, 0.1) is 22.7 Å². The Morgan fingerprint density at radius 2 is 1.81 bits per heavy atom. The zero-order valence-electron chi connectivity index (χ0n) is 11.8. The topological polar surface area (TPSA) is 29.1 Å². The normalized spacial score (nSPS) is 28.8. The molecule has 0 aliphatic heterocycles. The van der Waals surface area contributed by atoms with Crippen LogP contribution in [0.25, 0.3) is 0 Å². The van der Waals surface area contributed by atoms with Gasteiger partial charge in [-0.25, -0.2) is 0 Å². The second-order valence-corrected chi connectivity index (χ2v) is 7.18. The van der Waals surface area contributed by atoms with Crippen LogP contribution in [0.3, 0.4) is 0 Å². The van der Waals surface area contributed by atoms with Gasteiger partial charge in [0.05, 0.1) is 0 Å². The van der Waals surface area contributed by atoms with Gasteiger partial charge in [0.1, 0.15) is 0 Å². The molecular formula is C14H27NO. The molecule has 0 bridgehead atoms. The van der Waals surface area contributed by atoms with Crippen LogP contribution >= 0.6 is 0 Å². The maximum absolute atomic E-state index is 11.9. The van der Waals surface area contributed by atoms with E-state index < -0.39 is 0 Å². The number of hydrogen-bond acceptors (Lipinski definition) is 1. The Kier molecular flexibility index (Phi) is 3.42. The summed E-state index contributed by atoms with van der Waals surface area (Å²) in [6.07, 6.45) is 1.13. The smallest absolute Gasteiger partial charge is 0.225 e. The summed E-state index contributed by atoms with van der Waals surface area (Å²) in [6.45, 7) is 15.0. The molecule has 1 amide bonds. The largest absolute Gasteiger partial charge is 0.352 e. The second kappa shape index (κ2) is 4.05. The first-order chi connectivity index (χ1) is 7.06. The summed E-state index contributed by atoms with van der Waals surface area (Å²) < 4.78 is 0. The van der Waals surface area contributed by atoms with E-state index in [2.05, 4.69) is 33.0 Å². The molecule has 94 valence electrons. The van der Waals surface area contributed by atoms with E-state index >= 15 is 0 Å². The van der Waals surface area contributed by atoms with Crippen LogP contribution in [0.15, 0.2) is 0 Å². The van der Waals surface area contributed by atoms with Crippen LogP contribution in [0.5, 0.6) is 0 Å². The fourth-order valence-corrected chi connectivity index (χ4v) is 2.71. The number of carbonyl (C=O) groups is 1. The van der Waals surface area contributed by atoms with Crippen LogP contribution in [0.1, 0.15) is 54.9 Å². The Balaban J connectivity index is 2.58. The minimum atomic E-state index is -0.279. The minimum Gasteiger partial charge on any atom is -0.352 e. The molecule has 0 heterocycles. The summed E-state index contributed by atoms with van der Waals surface area (Å²) in [5, 5.41) is 3.19. The van der Waals surface area contributed by atoms with Crippen LogP contribution < -0.4 is 5.32 Å². The van der Waals surface area contributed by atoms with E-state index in [0.717, 1.165) is 12.3 Å². The van der Waals surface area contributed by atoms with E-state index in [1.54, 1.807) is 0 Å². The lowest BCUT2D eigenvalue weighted by Crippen LogP contribution is -2.60. The molecule has 2 nitrogen and oxygen atoms in total. The van der Waals surface area contributed by atoms with E-state index in [-0.39, 0.29) is 16.7 Å². The Morgan fingerprint density at radius 3 is 2.12 bits per heavy atom. The molecule has 0 aromatic rings. The van der Waals surface area contributed by atoms with Crippen LogP contribution in [0.4, 0.5) is 0 Å². The van der Waals surface area contributed by atoms with Gasteiger partial charge in [-0.05, 0) is 23.7 Å². The van der Waals surface area contributed by atoms with Gasteiger partial charge in [-0.1, -0.05) is 48.5 Å². The highest BCUT2D eigenvalue weighted by Crippen LogP contribution is 2.50. The Labute approximate surface area is 100 Å². The predicted molar refractivity (Wildman–Crippen MR) is 68.1 cm³/mol. The molecule has 1 fully saturated rings. The minimum absolute atomic E-state index is 0.174. The maximum Gasteiger partial charge on any atom is 0.225 e. The number of carbonyl (C=O) groups excluding carboxylic acids is 1. The van der Waals surface area contributed by atoms with Gasteiger partial charge in [0, 0.05) is 11.5 Å². The molecule has 0 spiro atoms. The Morgan fingerprint density at radius 1 is 1.31 bits per heavy atom. The first-order valence-corrected chi connectivity index (χ1v) is 6.37. The molecule has 0 aromatic heterocycles.